The first-order chi connectivity index (χ1) is 17.9. The van der Waals surface area contributed by atoms with Gasteiger partial charge in [-0.15, -0.1) is 0 Å². The molecule has 1 aliphatic rings. The summed E-state index contributed by atoms with van der Waals surface area (Å²) in [6.45, 7) is 4.45. The van der Waals surface area contributed by atoms with Crippen molar-refractivity contribution >= 4 is 33.5 Å². The maximum absolute atomic E-state index is 12.9. The highest BCUT2D eigenvalue weighted by Gasteiger charge is 2.47. The molecule has 5 aromatic carbocycles. The highest BCUT2D eigenvalue weighted by atomic mass is 35.5. The number of fused-ring (bicyclic) bond motifs is 5. The second kappa shape index (κ2) is 7.82. The van der Waals surface area contributed by atoms with Crippen molar-refractivity contribution in [2.45, 2.75) is 24.9 Å². The lowest BCUT2D eigenvalue weighted by atomic mass is 9.61. The topological polar surface area (TPSA) is 33.4 Å². The molecule has 0 fully saturated rings. The van der Waals surface area contributed by atoms with Gasteiger partial charge in [0.2, 0.25) is 0 Å². The second-order valence-electron chi connectivity index (χ2n) is 10.4. The lowest BCUT2D eigenvalue weighted by Crippen LogP contribution is -2.41. The van der Waals surface area contributed by atoms with E-state index in [-0.39, 0.29) is 5.41 Å². The van der Waals surface area contributed by atoms with Crippen LogP contribution < -0.4 is 0 Å². The fraction of sp³-hybridized carbons (Fsp3) is 0.118. The third kappa shape index (κ3) is 3.10. The first kappa shape index (κ1) is 22.4. The quantitative estimate of drug-likeness (QED) is 0.257. The minimum absolute atomic E-state index is 0.257. The van der Waals surface area contributed by atoms with Crippen LogP contribution >= 0.6 is 11.6 Å². The Morgan fingerprint density at radius 2 is 1.19 bits per heavy atom. The van der Waals surface area contributed by atoms with Crippen LogP contribution in [-0.4, -0.2) is 5.11 Å². The van der Waals surface area contributed by atoms with Gasteiger partial charge >= 0.3 is 0 Å². The van der Waals surface area contributed by atoms with Crippen molar-refractivity contribution in [3.8, 4) is 11.1 Å². The SMILES string of the molecule is CC1(C)c2ccccc2C(O)(c2cc(Cl)ccc2-c2ccc3oc4ccccc4c3c2)c2ccccc21. The highest BCUT2D eigenvalue weighted by molar-refractivity contribution is 6.30. The van der Waals surface area contributed by atoms with Gasteiger partial charge in [0.15, 0.2) is 0 Å². The van der Waals surface area contributed by atoms with Crippen LogP contribution in [0.3, 0.4) is 0 Å². The first-order valence-electron chi connectivity index (χ1n) is 12.5. The number of benzene rings is 5. The van der Waals surface area contributed by atoms with Gasteiger partial charge in [-0.25, -0.2) is 0 Å². The van der Waals surface area contributed by atoms with Crippen molar-refractivity contribution in [1.29, 1.82) is 0 Å². The minimum Gasteiger partial charge on any atom is -0.456 e. The number of furan rings is 1. The van der Waals surface area contributed by atoms with Crippen LogP contribution in [0.4, 0.5) is 0 Å². The Bertz CT molecular complexity index is 1790. The number of hydrogen-bond donors (Lipinski definition) is 1. The second-order valence-corrected chi connectivity index (χ2v) is 10.9. The van der Waals surface area contributed by atoms with E-state index in [4.69, 9.17) is 16.0 Å². The van der Waals surface area contributed by atoms with Crippen LogP contribution in [0.2, 0.25) is 5.02 Å². The molecule has 6 aromatic rings. The molecule has 0 radical (unpaired) electrons. The summed E-state index contributed by atoms with van der Waals surface area (Å²) in [6.07, 6.45) is 0. The largest absolute Gasteiger partial charge is 0.456 e. The normalized spacial score (nSPS) is 15.5. The summed E-state index contributed by atoms with van der Waals surface area (Å²) >= 11 is 6.63. The van der Waals surface area contributed by atoms with Gasteiger partial charge < -0.3 is 9.52 Å². The Labute approximate surface area is 220 Å². The van der Waals surface area contributed by atoms with Gasteiger partial charge in [0.05, 0.1) is 0 Å². The van der Waals surface area contributed by atoms with Gasteiger partial charge in [-0.2, -0.15) is 0 Å². The smallest absolute Gasteiger partial charge is 0.141 e. The Morgan fingerprint density at radius 1 is 0.595 bits per heavy atom. The van der Waals surface area contributed by atoms with Crippen molar-refractivity contribution in [2.24, 2.45) is 0 Å². The number of para-hydroxylation sites is 1. The molecule has 180 valence electrons. The summed E-state index contributed by atoms with van der Waals surface area (Å²) in [5.41, 5.74) is 6.76. The summed E-state index contributed by atoms with van der Waals surface area (Å²) in [5, 5.41) is 15.6. The van der Waals surface area contributed by atoms with Crippen LogP contribution in [0.15, 0.2) is 114 Å². The van der Waals surface area contributed by atoms with Gasteiger partial charge in [0, 0.05) is 26.8 Å². The Balaban J connectivity index is 1.55. The predicted molar refractivity (Wildman–Crippen MR) is 151 cm³/mol. The number of rotatable bonds is 2. The number of hydrogen-bond acceptors (Lipinski definition) is 2. The maximum Gasteiger partial charge on any atom is 0.141 e. The van der Waals surface area contributed by atoms with Gasteiger partial charge in [-0.1, -0.05) is 104 Å². The van der Waals surface area contributed by atoms with E-state index in [2.05, 4.69) is 44.2 Å². The lowest BCUT2D eigenvalue weighted by Gasteiger charge is -2.45. The molecule has 0 aliphatic heterocycles. The van der Waals surface area contributed by atoms with Crippen molar-refractivity contribution in [2.75, 3.05) is 0 Å². The fourth-order valence-corrected chi connectivity index (χ4v) is 6.40. The van der Waals surface area contributed by atoms with E-state index < -0.39 is 5.60 Å². The van der Waals surface area contributed by atoms with Crippen LogP contribution in [0, 0.1) is 0 Å². The van der Waals surface area contributed by atoms with E-state index in [0.717, 1.165) is 60.9 Å². The van der Waals surface area contributed by atoms with Crippen molar-refractivity contribution in [1.82, 2.24) is 0 Å². The lowest BCUT2D eigenvalue weighted by molar-refractivity contribution is 0.117. The van der Waals surface area contributed by atoms with E-state index in [1.807, 2.05) is 78.9 Å². The molecule has 7 rings (SSSR count). The summed E-state index contributed by atoms with van der Waals surface area (Å²) in [6, 6.07) is 36.6. The van der Waals surface area contributed by atoms with Crippen LogP contribution in [0.5, 0.6) is 0 Å². The Hall–Kier alpha value is -3.85. The summed E-state index contributed by atoms with van der Waals surface area (Å²) in [5.74, 6) is 0. The summed E-state index contributed by atoms with van der Waals surface area (Å²) in [7, 11) is 0. The molecule has 0 bridgehead atoms. The number of halogens is 1. The molecule has 0 saturated heterocycles. The van der Waals surface area contributed by atoms with Gasteiger partial charge in [-0.05, 0) is 63.7 Å². The zero-order valence-electron chi connectivity index (χ0n) is 20.6. The molecule has 1 heterocycles. The van der Waals surface area contributed by atoms with E-state index in [1.54, 1.807) is 0 Å². The van der Waals surface area contributed by atoms with E-state index in [0.29, 0.717) is 5.02 Å². The molecule has 0 unspecified atom stereocenters. The predicted octanol–water partition coefficient (Wildman–Crippen LogP) is 8.83. The van der Waals surface area contributed by atoms with Crippen molar-refractivity contribution in [3.05, 3.63) is 142 Å². The molecule has 0 amide bonds. The van der Waals surface area contributed by atoms with Gasteiger partial charge in [0.1, 0.15) is 16.8 Å². The van der Waals surface area contributed by atoms with E-state index >= 15 is 0 Å². The molecule has 1 N–H and O–H groups in total. The third-order valence-corrected chi connectivity index (χ3v) is 8.27. The minimum atomic E-state index is -1.38. The maximum atomic E-state index is 12.9. The van der Waals surface area contributed by atoms with Crippen molar-refractivity contribution < 1.29 is 9.52 Å². The standard InChI is InChI=1S/C34H25ClO2/c1-33(2)26-10-4-6-12-28(26)34(36,29-13-7-5-11-27(29)33)30-20-22(35)16-17-23(30)21-15-18-32-25(19-21)24-9-3-8-14-31(24)37-32/h3-20,36H,1-2H3. The molecule has 1 aliphatic carbocycles. The average molecular weight is 501 g/mol. The highest BCUT2D eigenvalue weighted by Crippen LogP contribution is 2.53. The van der Waals surface area contributed by atoms with Gasteiger partial charge in [0.25, 0.3) is 0 Å². The third-order valence-electron chi connectivity index (χ3n) is 8.04. The average Bonchev–Trinajstić information content (AvgIpc) is 3.30. The summed E-state index contributed by atoms with van der Waals surface area (Å²) < 4.78 is 6.07. The van der Waals surface area contributed by atoms with Crippen LogP contribution in [0.25, 0.3) is 33.1 Å². The van der Waals surface area contributed by atoms with Crippen LogP contribution in [0.1, 0.15) is 41.7 Å². The monoisotopic (exact) mass is 500 g/mol. The molecular formula is C34H25ClO2. The molecule has 0 atom stereocenters. The molecule has 1 aromatic heterocycles. The zero-order valence-corrected chi connectivity index (χ0v) is 21.4. The Morgan fingerprint density at radius 3 is 1.89 bits per heavy atom. The molecular weight excluding hydrogens is 476 g/mol. The fourth-order valence-electron chi connectivity index (χ4n) is 6.23. The first-order valence-corrected chi connectivity index (χ1v) is 12.9. The van der Waals surface area contributed by atoms with Crippen molar-refractivity contribution in [3.63, 3.8) is 0 Å². The number of aliphatic hydroxyl groups is 1. The van der Waals surface area contributed by atoms with Gasteiger partial charge in [-0.3, -0.25) is 0 Å². The zero-order chi connectivity index (χ0) is 25.4. The van der Waals surface area contributed by atoms with E-state index in [9.17, 15) is 5.11 Å². The van der Waals surface area contributed by atoms with E-state index in [1.165, 1.54) is 0 Å². The molecule has 3 heteroatoms. The van der Waals surface area contributed by atoms with Crippen LogP contribution in [-0.2, 0) is 11.0 Å². The molecule has 2 nitrogen and oxygen atoms in total. The molecule has 0 spiro atoms. The Kier molecular flexibility index (Phi) is 4.73. The summed E-state index contributed by atoms with van der Waals surface area (Å²) in [4.78, 5) is 0. The molecule has 37 heavy (non-hydrogen) atoms. The molecule has 0 saturated carbocycles.